The molecule has 0 bridgehead atoms. The first-order valence-electron chi connectivity index (χ1n) is 8.27. The molecule has 2 fully saturated rings. The van der Waals surface area contributed by atoms with Crippen LogP contribution >= 0.6 is 0 Å². The summed E-state index contributed by atoms with van der Waals surface area (Å²) in [6.07, 6.45) is 1.71. The number of rotatable bonds is 4. The molecule has 0 N–H and O–H groups in total. The molecule has 6 nitrogen and oxygen atoms in total. The van der Waals surface area contributed by atoms with Crippen molar-refractivity contribution in [2.45, 2.75) is 25.3 Å². The number of methoxy groups -OCH3 is 2. The number of likely N-dealkylation sites (tertiary alicyclic amines) is 2. The minimum absolute atomic E-state index is 0.0823. The van der Waals surface area contributed by atoms with Crippen molar-refractivity contribution in [1.82, 2.24) is 9.80 Å². The molecule has 2 atom stereocenters. The Morgan fingerprint density at radius 3 is 2.79 bits per heavy atom. The van der Waals surface area contributed by atoms with Gasteiger partial charge in [-0.05, 0) is 12.5 Å². The minimum atomic E-state index is 0.0823. The van der Waals surface area contributed by atoms with Gasteiger partial charge in [-0.2, -0.15) is 0 Å². The van der Waals surface area contributed by atoms with Gasteiger partial charge in [0.2, 0.25) is 11.8 Å². The quantitative estimate of drug-likeness (QED) is 0.834. The maximum atomic E-state index is 12.7. The standard InChI is InChI=1S/C18H24N2O4/c1-19-15-6-7-20(11-13(15)9-17(19)21)18(22)8-12-4-5-14(23-2)10-16(12)24-3/h4-5,10,13,15H,6-9,11H2,1-3H3/t13-,15+/m1/s1. The SMILES string of the molecule is COc1ccc(CC(=O)N2CC[C@H]3[C@H](CC(=O)N3C)C2)c(OC)c1. The third-order valence-electron chi connectivity index (χ3n) is 5.21. The van der Waals surface area contributed by atoms with Gasteiger partial charge in [0.25, 0.3) is 0 Å². The summed E-state index contributed by atoms with van der Waals surface area (Å²) in [5.41, 5.74) is 0.852. The van der Waals surface area contributed by atoms with Crippen molar-refractivity contribution in [3.05, 3.63) is 23.8 Å². The van der Waals surface area contributed by atoms with Gasteiger partial charge < -0.3 is 19.3 Å². The van der Waals surface area contributed by atoms with Gasteiger partial charge in [-0.3, -0.25) is 9.59 Å². The summed E-state index contributed by atoms with van der Waals surface area (Å²) < 4.78 is 10.6. The molecule has 1 aromatic rings. The molecular weight excluding hydrogens is 308 g/mol. The van der Waals surface area contributed by atoms with E-state index >= 15 is 0 Å². The number of carbonyl (C=O) groups excluding carboxylic acids is 2. The third kappa shape index (κ3) is 3.05. The molecule has 24 heavy (non-hydrogen) atoms. The molecule has 0 radical (unpaired) electrons. The van der Waals surface area contributed by atoms with Gasteiger partial charge in [-0.15, -0.1) is 0 Å². The molecule has 2 heterocycles. The first kappa shape index (κ1) is 16.6. The van der Waals surface area contributed by atoms with E-state index in [-0.39, 0.29) is 23.8 Å². The van der Waals surface area contributed by atoms with Gasteiger partial charge in [0, 0.05) is 50.1 Å². The van der Waals surface area contributed by atoms with Crippen LogP contribution < -0.4 is 9.47 Å². The van der Waals surface area contributed by atoms with Gasteiger partial charge in [0.05, 0.1) is 20.6 Å². The monoisotopic (exact) mass is 332 g/mol. The first-order chi connectivity index (χ1) is 11.5. The largest absolute Gasteiger partial charge is 0.497 e. The number of nitrogens with zero attached hydrogens (tertiary/aromatic N) is 2. The lowest BCUT2D eigenvalue weighted by Crippen LogP contribution is -2.47. The summed E-state index contributed by atoms with van der Waals surface area (Å²) in [5, 5.41) is 0. The topological polar surface area (TPSA) is 59.1 Å². The minimum Gasteiger partial charge on any atom is -0.497 e. The van der Waals surface area contributed by atoms with Crippen molar-refractivity contribution in [2.24, 2.45) is 5.92 Å². The number of fused-ring (bicyclic) bond motifs is 1. The lowest BCUT2D eigenvalue weighted by Gasteiger charge is -2.36. The second-order valence-electron chi connectivity index (χ2n) is 6.52. The van der Waals surface area contributed by atoms with Crippen molar-refractivity contribution in [2.75, 3.05) is 34.4 Å². The van der Waals surface area contributed by atoms with E-state index in [2.05, 4.69) is 0 Å². The highest BCUT2D eigenvalue weighted by Gasteiger charge is 2.41. The van der Waals surface area contributed by atoms with E-state index in [1.54, 1.807) is 20.3 Å². The fourth-order valence-corrected chi connectivity index (χ4v) is 3.78. The van der Waals surface area contributed by atoms with Crippen LogP contribution in [0.15, 0.2) is 18.2 Å². The van der Waals surface area contributed by atoms with Crippen LogP contribution in [0.25, 0.3) is 0 Å². The van der Waals surface area contributed by atoms with Crippen LogP contribution in [-0.2, 0) is 16.0 Å². The molecule has 6 heteroatoms. The van der Waals surface area contributed by atoms with Crippen LogP contribution in [0.3, 0.4) is 0 Å². The van der Waals surface area contributed by atoms with Crippen molar-refractivity contribution in [1.29, 1.82) is 0 Å². The second kappa shape index (κ2) is 6.71. The average Bonchev–Trinajstić information content (AvgIpc) is 2.89. The van der Waals surface area contributed by atoms with E-state index in [4.69, 9.17) is 9.47 Å². The van der Waals surface area contributed by atoms with E-state index in [1.807, 2.05) is 29.0 Å². The summed E-state index contributed by atoms with van der Waals surface area (Å²) in [6, 6.07) is 5.79. The molecule has 0 aliphatic carbocycles. The van der Waals surface area contributed by atoms with Crippen molar-refractivity contribution >= 4 is 11.8 Å². The van der Waals surface area contributed by atoms with Crippen LogP contribution in [0.4, 0.5) is 0 Å². The molecular formula is C18H24N2O4. The van der Waals surface area contributed by atoms with Crippen molar-refractivity contribution < 1.29 is 19.1 Å². The summed E-state index contributed by atoms with van der Waals surface area (Å²) in [4.78, 5) is 28.3. The Labute approximate surface area is 142 Å². The zero-order valence-electron chi connectivity index (χ0n) is 14.4. The molecule has 3 rings (SSSR count). The van der Waals surface area contributed by atoms with E-state index in [0.717, 1.165) is 12.0 Å². The third-order valence-corrected chi connectivity index (χ3v) is 5.21. The Balaban J connectivity index is 1.67. The molecule has 130 valence electrons. The van der Waals surface area contributed by atoms with E-state index < -0.39 is 0 Å². The summed E-state index contributed by atoms with van der Waals surface area (Å²) in [5.74, 6) is 1.90. The number of piperidine rings is 1. The number of ether oxygens (including phenoxy) is 2. The Kier molecular flexibility index (Phi) is 4.64. The average molecular weight is 332 g/mol. The molecule has 2 aliphatic heterocycles. The first-order valence-corrected chi connectivity index (χ1v) is 8.27. The number of hydrogen-bond donors (Lipinski definition) is 0. The maximum Gasteiger partial charge on any atom is 0.227 e. The second-order valence-corrected chi connectivity index (χ2v) is 6.52. The van der Waals surface area contributed by atoms with Gasteiger partial charge >= 0.3 is 0 Å². The lowest BCUT2D eigenvalue weighted by atomic mass is 9.92. The molecule has 1 aromatic carbocycles. The van der Waals surface area contributed by atoms with E-state index in [1.165, 1.54) is 0 Å². The molecule has 0 saturated carbocycles. The molecule has 0 unspecified atom stereocenters. The van der Waals surface area contributed by atoms with Crippen LogP contribution in [0.5, 0.6) is 11.5 Å². The summed E-state index contributed by atoms with van der Waals surface area (Å²) in [7, 11) is 5.06. The number of carbonyl (C=O) groups is 2. The Hall–Kier alpha value is -2.24. The highest BCUT2D eigenvalue weighted by Crippen LogP contribution is 2.32. The highest BCUT2D eigenvalue weighted by molar-refractivity contribution is 5.81. The number of hydrogen-bond acceptors (Lipinski definition) is 4. The van der Waals surface area contributed by atoms with Gasteiger partial charge in [-0.25, -0.2) is 0 Å². The fourth-order valence-electron chi connectivity index (χ4n) is 3.78. The number of benzene rings is 1. The van der Waals surface area contributed by atoms with Gasteiger partial charge in [0.1, 0.15) is 11.5 Å². The van der Waals surface area contributed by atoms with Crippen molar-refractivity contribution in [3.63, 3.8) is 0 Å². The molecule has 0 spiro atoms. The van der Waals surface area contributed by atoms with Crippen molar-refractivity contribution in [3.8, 4) is 11.5 Å². The Morgan fingerprint density at radius 1 is 1.29 bits per heavy atom. The van der Waals surface area contributed by atoms with Gasteiger partial charge in [0.15, 0.2) is 0 Å². The predicted molar refractivity (Wildman–Crippen MR) is 89.1 cm³/mol. The summed E-state index contributed by atoms with van der Waals surface area (Å²) in [6.45, 7) is 1.37. The van der Waals surface area contributed by atoms with E-state index in [0.29, 0.717) is 37.4 Å². The van der Waals surface area contributed by atoms with E-state index in [9.17, 15) is 9.59 Å². The smallest absolute Gasteiger partial charge is 0.227 e. The van der Waals surface area contributed by atoms with Crippen LogP contribution in [0.1, 0.15) is 18.4 Å². The number of amides is 2. The van der Waals surface area contributed by atoms with Crippen LogP contribution in [0, 0.1) is 5.92 Å². The molecule has 2 amide bonds. The zero-order valence-corrected chi connectivity index (χ0v) is 14.4. The Bertz CT molecular complexity index is 646. The fraction of sp³-hybridized carbons (Fsp3) is 0.556. The maximum absolute atomic E-state index is 12.7. The molecule has 0 aromatic heterocycles. The normalized spacial score (nSPS) is 23.2. The highest BCUT2D eigenvalue weighted by atomic mass is 16.5. The summed E-state index contributed by atoms with van der Waals surface area (Å²) >= 11 is 0. The molecule has 2 aliphatic rings. The Morgan fingerprint density at radius 2 is 2.08 bits per heavy atom. The zero-order chi connectivity index (χ0) is 17.3. The predicted octanol–water partition coefficient (Wildman–Crippen LogP) is 1.33. The van der Waals surface area contributed by atoms with Crippen LogP contribution in [-0.4, -0.2) is 62.0 Å². The van der Waals surface area contributed by atoms with Crippen LogP contribution in [0.2, 0.25) is 0 Å². The lowest BCUT2D eigenvalue weighted by molar-refractivity contribution is -0.132. The molecule has 2 saturated heterocycles. The van der Waals surface area contributed by atoms with Gasteiger partial charge in [-0.1, -0.05) is 6.07 Å².